The number of allylic oxidation sites excluding steroid dienone is 2. The van der Waals surface area contributed by atoms with Gasteiger partial charge in [-0.3, -0.25) is 9.36 Å². The van der Waals surface area contributed by atoms with E-state index in [1.807, 2.05) is 6.08 Å². The summed E-state index contributed by atoms with van der Waals surface area (Å²) in [6, 6.07) is 0. The van der Waals surface area contributed by atoms with Crippen LogP contribution >= 0.6 is 11.6 Å². The lowest BCUT2D eigenvalue weighted by Crippen LogP contribution is -2.22. The Balaban J connectivity index is 2.75. The summed E-state index contributed by atoms with van der Waals surface area (Å²) in [5.74, 6) is 0.0852. The van der Waals surface area contributed by atoms with Crippen LogP contribution in [0.3, 0.4) is 0 Å². The maximum absolute atomic E-state index is 11.5. The Morgan fingerprint density at radius 1 is 1.60 bits per heavy atom. The summed E-state index contributed by atoms with van der Waals surface area (Å²) in [7, 11) is 0. The first kappa shape index (κ1) is 11.8. The van der Waals surface area contributed by atoms with Gasteiger partial charge < -0.3 is 5.73 Å². The number of nitrogens with two attached hydrogens (primary N) is 1. The zero-order valence-electron chi connectivity index (χ0n) is 8.61. The van der Waals surface area contributed by atoms with Crippen molar-refractivity contribution in [3.05, 3.63) is 33.9 Å². The molecule has 0 aliphatic carbocycles. The van der Waals surface area contributed by atoms with Crippen molar-refractivity contribution >= 4 is 17.4 Å². The fraction of sp³-hybridized carbons (Fsp3) is 0.400. The number of hydrogen-bond acceptors (Lipinski definition) is 3. The number of hydrogen-bond donors (Lipinski definition) is 1. The first-order valence-corrected chi connectivity index (χ1v) is 5.20. The highest BCUT2D eigenvalue weighted by molar-refractivity contribution is 6.32. The molecule has 4 nitrogen and oxygen atoms in total. The molecule has 1 aromatic rings. The van der Waals surface area contributed by atoms with E-state index in [1.54, 1.807) is 0 Å². The lowest BCUT2D eigenvalue weighted by molar-refractivity contribution is 0.666. The van der Waals surface area contributed by atoms with E-state index >= 15 is 0 Å². The third-order valence-corrected chi connectivity index (χ3v) is 2.30. The molecule has 0 spiro atoms. The third kappa shape index (κ3) is 3.09. The summed E-state index contributed by atoms with van der Waals surface area (Å²) < 4.78 is 1.46. The van der Waals surface area contributed by atoms with Crippen LogP contribution in [0.1, 0.15) is 19.8 Å². The second-order valence-corrected chi connectivity index (χ2v) is 3.49. The summed E-state index contributed by atoms with van der Waals surface area (Å²) in [6.07, 6.45) is 7.28. The summed E-state index contributed by atoms with van der Waals surface area (Å²) in [6.45, 7) is 2.63. The molecule has 1 aromatic heterocycles. The predicted octanol–water partition coefficient (Wildman–Crippen LogP) is 1.84. The van der Waals surface area contributed by atoms with Gasteiger partial charge in [0, 0.05) is 6.54 Å². The van der Waals surface area contributed by atoms with Crippen molar-refractivity contribution in [2.24, 2.45) is 0 Å². The molecule has 1 rings (SSSR count). The van der Waals surface area contributed by atoms with Crippen LogP contribution in [0.4, 0.5) is 5.82 Å². The maximum Gasteiger partial charge on any atom is 0.274 e. The molecule has 0 bridgehead atoms. The standard InChI is InChI=1S/C10H14ClN3O/c1-2-3-4-5-6-14-7-13-9(12)8(11)10(14)15/h3-4,7H,2,5-6,12H2,1H3. The van der Waals surface area contributed by atoms with Gasteiger partial charge in [-0.2, -0.15) is 0 Å². The molecule has 0 atom stereocenters. The Morgan fingerprint density at radius 3 is 3.00 bits per heavy atom. The number of nitrogen functional groups attached to an aromatic ring is 1. The molecule has 0 saturated carbocycles. The normalized spacial score (nSPS) is 11.1. The molecule has 0 aliphatic rings. The Hall–Kier alpha value is -1.29. The Morgan fingerprint density at radius 2 is 2.33 bits per heavy atom. The van der Waals surface area contributed by atoms with E-state index in [0.29, 0.717) is 6.54 Å². The molecule has 0 unspecified atom stereocenters. The van der Waals surface area contributed by atoms with Crippen molar-refractivity contribution in [1.29, 1.82) is 0 Å². The molecule has 0 radical (unpaired) electrons. The van der Waals surface area contributed by atoms with Crippen LogP contribution < -0.4 is 11.3 Å². The molecule has 0 amide bonds. The van der Waals surface area contributed by atoms with Gasteiger partial charge in [0.2, 0.25) is 0 Å². The van der Waals surface area contributed by atoms with Crippen LogP contribution in [0, 0.1) is 0 Å². The predicted molar refractivity (Wildman–Crippen MR) is 62.0 cm³/mol. The minimum atomic E-state index is -0.283. The van der Waals surface area contributed by atoms with Crippen molar-refractivity contribution in [2.75, 3.05) is 5.73 Å². The fourth-order valence-electron chi connectivity index (χ4n) is 1.13. The quantitative estimate of drug-likeness (QED) is 0.799. The molecule has 0 fully saturated rings. The van der Waals surface area contributed by atoms with Crippen molar-refractivity contribution < 1.29 is 0 Å². The van der Waals surface area contributed by atoms with E-state index in [4.69, 9.17) is 17.3 Å². The van der Waals surface area contributed by atoms with Crippen molar-refractivity contribution in [2.45, 2.75) is 26.3 Å². The van der Waals surface area contributed by atoms with E-state index in [-0.39, 0.29) is 16.4 Å². The van der Waals surface area contributed by atoms with Gasteiger partial charge in [0.1, 0.15) is 10.8 Å². The number of anilines is 1. The molecule has 0 saturated heterocycles. The topological polar surface area (TPSA) is 60.9 Å². The molecular weight excluding hydrogens is 214 g/mol. The highest BCUT2D eigenvalue weighted by Gasteiger charge is 2.05. The monoisotopic (exact) mass is 227 g/mol. The number of nitrogens with zero attached hydrogens (tertiary/aromatic N) is 2. The summed E-state index contributed by atoms with van der Waals surface area (Å²) in [5.41, 5.74) is 5.11. The maximum atomic E-state index is 11.5. The summed E-state index contributed by atoms with van der Waals surface area (Å²) in [5, 5.41) is -0.00280. The molecule has 1 heterocycles. The van der Waals surface area contributed by atoms with Crippen LogP contribution in [-0.4, -0.2) is 9.55 Å². The zero-order chi connectivity index (χ0) is 11.3. The van der Waals surface area contributed by atoms with Crippen LogP contribution in [0.15, 0.2) is 23.3 Å². The van der Waals surface area contributed by atoms with Crippen molar-refractivity contribution in [3.63, 3.8) is 0 Å². The van der Waals surface area contributed by atoms with E-state index in [1.165, 1.54) is 10.9 Å². The summed E-state index contributed by atoms with van der Waals surface area (Å²) >= 11 is 5.68. The minimum Gasteiger partial charge on any atom is -0.382 e. The average molecular weight is 228 g/mol. The lowest BCUT2D eigenvalue weighted by atomic mass is 10.3. The van der Waals surface area contributed by atoms with Crippen LogP contribution in [0.5, 0.6) is 0 Å². The van der Waals surface area contributed by atoms with Gasteiger partial charge >= 0.3 is 0 Å². The average Bonchev–Trinajstić information content (AvgIpc) is 2.24. The summed E-state index contributed by atoms with van der Waals surface area (Å²) in [4.78, 5) is 15.4. The van der Waals surface area contributed by atoms with E-state index < -0.39 is 0 Å². The van der Waals surface area contributed by atoms with Gasteiger partial charge in [0.05, 0.1) is 6.33 Å². The van der Waals surface area contributed by atoms with Crippen LogP contribution in [-0.2, 0) is 6.54 Å². The second-order valence-electron chi connectivity index (χ2n) is 3.11. The SMILES string of the molecule is CCC=CCCn1cnc(N)c(Cl)c1=O. The molecule has 5 heteroatoms. The molecular formula is C10H14ClN3O. The smallest absolute Gasteiger partial charge is 0.274 e. The molecule has 2 N–H and O–H groups in total. The minimum absolute atomic E-state index is 0.00280. The molecule has 0 aliphatic heterocycles. The lowest BCUT2D eigenvalue weighted by Gasteiger charge is -2.04. The van der Waals surface area contributed by atoms with Crippen molar-refractivity contribution in [3.8, 4) is 0 Å². The zero-order valence-corrected chi connectivity index (χ0v) is 9.37. The van der Waals surface area contributed by atoms with E-state index in [0.717, 1.165) is 12.8 Å². The second kappa shape index (κ2) is 5.56. The first-order chi connectivity index (χ1) is 7.16. The highest BCUT2D eigenvalue weighted by Crippen LogP contribution is 2.07. The van der Waals surface area contributed by atoms with Gasteiger partial charge in [0.15, 0.2) is 0 Å². The molecule has 82 valence electrons. The van der Waals surface area contributed by atoms with E-state index in [2.05, 4.69) is 18.0 Å². The van der Waals surface area contributed by atoms with Crippen LogP contribution in [0.2, 0.25) is 5.02 Å². The number of aromatic nitrogens is 2. The van der Waals surface area contributed by atoms with Gasteiger partial charge in [0.25, 0.3) is 5.56 Å². The third-order valence-electron chi connectivity index (χ3n) is 1.95. The largest absolute Gasteiger partial charge is 0.382 e. The number of halogens is 1. The highest BCUT2D eigenvalue weighted by atomic mass is 35.5. The van der Waals surface area contributed by atoms with Gasteiger partial charge in [-0.25, -0.2) is 4.98 Å². The van der Waals surface area contributed by atoms with Crippen molar-refractivity contribution in [1.82, 2.24) is 9.55 Å². The van der Waals surface area contributed by atoms with Gasteiger partial charge in [-0.15, -0.1) is 0 Å². The number of aryl methyl sites for hydroxylation is 1. The Labute approximate surface area is 93.4 Å². The van der Waals surface area contributed by atoms with E-state index in [9.17, 15) is 4.79 Å². The Kier molecular flexibility index (Phi) is 4.37. The van der Waals surface area contributed by atoms with Gasteiger partial charge in [-0.05, 0) is 12.8 Å². The Bertz CT molecular complexity index is 412. The van der Waals surface area contributed by atoms with Crippen LogP contribution in [0.25, 0.3) is 0 Å². The van der Waals surface area contributed by atoms with Gasteiger partial charge in [-0.1, -0.05) is 30.7 Å². The first-order valence-electron chi connectivity index (χ1n) is 4.82. The molecule has 15 heavy (non-hydrogen) atoms. The fourth-order valence-corrected chi connectivity index (χ4v) is 1.29. The number of rotatable bonds is 4. The molecule has 0 aromatic carbocycles.